The van der Waals surface area contributed by atoms with Crippen LogP contribution < -0.4 is 4.90 Å². The molecule has 90 valence electrons. The van der Waals surface area contributed by atoms with Crippen molar-refractivity contribution in [3.63, 3.8) is 0 Å². The van der Waals surface area contributed by atoms with E-state index in [-0.39, 0.29) is 5.57 Å². The lowest BCUT2D eigenvalue weighted by Crippen LogP contribution is -2.17. The number of rotatable bonds is 1. The maximum Gasteiger partial charge on any atom is 0.130 e. The summed E-state index contributed by atoms with van der Waals surface area (Å²) in [5.74, 6) is 0. The first-order chi connectivity index (χ1) is 8.65. The summed E-state index contributed by atoms with van der Waals surface area (Å²) < 4.78 is 0. The first-order valence-electron chi connectivity index (χ1n) is 5.38. The zero-order valence-electron chi connectivity index (χ0n) is 9.45. The Morgan fingerprint density at radius 2 is 1.89 bits per heavy atom. The Morgan fingerprint density at radius 3 is 2.50 bits per heavy atom. The van der Waals surface area contributed by atoms with Crippen LogP contribution in [0.4, 0.5) is 5.69 Å². The molecule has 0 atom stereocenters. The maximum absolute atomic E-state index is 8.84. The van der Waals surface area contributed by atoms with Gasteiger partial charge in [0.15, 0.2) is 0 Å². The zero-order valence-corrected chi connectivity index (χ0v) is 11.0. The average Bonchev–Trinajstić information content (AvgIpc) is 2.84. The van der Waals surface area contributed by atoms with E-state index < -0.39 is 0 Å². The van der Waals surface area contributed by atoms with Gasteiger partial charge < -0.3 is 4.90 Å². The standard InChI is InChI=1S/C13H9Cl2N3/c14-12-2-1-11(5-13(12)15)18-4-3-9(8-18)10(6-16)7-17/h1-2,5H,3-4,8H2. The molecule has 0 aromatic heterocycles. The highest BCUT2D eigenvalue weighted by Crippen LogP contribution is 2.30. The van der Waals surface area contributed by atoms with Crippen LogP contribution in [-0.4, -0.2) is 13.1 Å². The molecule has 0 spiro atoms. The number of hydrogen-bond acceptors (Lipinski definition) is 3. The summed E-state index contributed by atoms with van der Waals surface area (Å²) in [6, 6.07) is 9.29. The van der Waals surface area contributed by atoms with Gasteiger partial charge in [0, 0.05) is 18.8 Å². The van der Waals surface area contributed by atoms with E-state index >= 15 is 0 Å². The molecular weight excluding hydrogens is 269 g/mol. The zero-order chi connectivity index (χ0) is 13.1. The molecule has 1 aromatic carbocycles. The lowest BCUT2D eigenvalue weighted by atomic mass is 10.1. The lowest BCUT2D eigenvalue weighted by molar-refractivity contribution is 0.968. The minimum atomic E-state index is 0.220. The van der Waals surface area contributed by atoms with E-state index in [2.05, 4.69) is 4.90 Å². The Labute approximate surface area is 115 Å². The van der Waals surface area contributed by atoms with Crippen molar-refractivity contribution in [3.8, 4) is 12.1 Å². The monoisotopic (exact) mass is 277 g/mol. The molecule has 0 unspecified atom stereocenters. The molecule has 3 nitrogen and oxygen atoms in total. The second-order valence-electron chi connectivity index (χ2n) is 3.97. The number of halogens is 2. The van der Waals surface area contributed by atoms with Crippen molar-refractivity contribution in [2.45, 2.75) is 6.42 Å². The van der Waals surface area contributed by atoms with Crippen molar-refractivity contribution in [2.75, 3.05) is 18.0 Å². The van der Waals surface area contributed by atoms with Gasteiger partial charge >= 0.3 is 0 Å². The van der Waals surface area contributed by atoms with Gasteiger partial charge in [-0.1, -0.05) is 23.2 Å². The largest absolute Gasteiger partial charge is 0.367 e. The Kier molecular flexibility index (Phi) is 3.77. The molecule has 1 aromatic rings. The molecule has 0 aliphatic carbocycles. The van der Waals surface area contributed by atoms with Gasteiger partial charge in [-0.3, -0.25) is 0 Å². The van der Waals surface area contributed by atoms with Crippen molar-refractivity contribution < 1.29 is 0 Å². The molecule has 1 heterocycles. The Morgan fingerprint density at radius 1 is 1.17 bits per heavy atom. The number of benzene rings is 1. The first kappa shape index (κ1) is 12.8. The van der Waals surface area contributed by atoms with Crippen LogP contribution in [0.5, 0.6) is 0 Å². The minimum Gasteiger partial charge on any atom is -0.367 e. The van der Waals surface area contributed by atoms with Crippen molar-refractivity contribution in [3.05, 3.63) is 39.4 Å². The van der Waals surface area contributed by atoms with Gasteiger partial charge in [-0.2, -0.15) is 10.5 Å². The summed E-state index contributed by atoms with van der Waals surface area (Å²) in [5.41, 5.74) is 2.05. The van der Waals surface area contributed by atoms with E-state index in [1.807, 2.05) is 18.2 Å². The summed E-state index contributed by atoms with van der Waals surface area (Å²) in [4.78, 5) is 2.08. The van der Waals surface area contributed by atoms with E-state index in [1.165, 1.54) is 0 Å². The van der Waals surface area contributed by atoms with Gasteiger partial charge in [0.2, 0.25) is 0 Å². The number of nitriles is 2. The second-order valence-corrected chi connectivity index (χ2v) is 4.79. The van der Waals surface area contributed by atoms with Gasteiger partial charge in [-0.25, -0.2) is 0 Å². The number of allylic oxidation sites excluding steroid dienone is 1. The molecule has 1 aliphatic heterocycles. The van der Waals surface area contributed by atoms with Crippen molar-refractivity contribution in [1.82, 2.24) is 0 Å². The maximum atomic E-state index is 8.84. The van der Waals surface area contributed by atoms with Crippen LogP contribution in [0.25, 0.3) is 0 Å². The predicted molar refractivity (Wildman–Crippen MR) is 71.5 cm³/mol. The topological polar surface area (TPSA) is 50.8 Å². The highest BCUT2D eigenvalue weighted by Gasteiger charge is 2.20. The molecule has 1 saturated heterocycles. The average molecular weight is 278 g/mol. The molecule has 0 bridgehead atoms. The van der Waals surface area contributed by atoms with E-state index in [1.54, 1.807) is 12.1 Å². The number of anilines is 1. The highest BCUT2D eigenvalue weighted by atomic mass is 35.5. The van der Waals surface area contributed by atoms with E-state index in [4.69, 9.17) is 33.7 Å². The fourth-order valence-electron chi connectivity index (χ4n) is 1.95. The number of nitrogens with zero attached hydrogens (tertiary/aromatic N) is 3. The Bertz CT molecular complexity index is 577. The predicted octanol–water partition coefficient (Wildman–Crippen LogP) is 3.55. The quantitative estimate of drug-likeness (QED) is 0.738. The summed E-state index contributed by atoms with van der Waals surface area (Å²) in [7, 11) is 0. The van der Waals surface area contributed by atoms with Crippen LogP contribution in [0.2, 0.25) is 10.0 Å². The first-order valence-corrected chi connectivity index (χ1v) is 6.13. The fourth-order valence-corrected chi connectivity index (χ4v) is 2.24. The van der Waals surface area contributed by atoms with Crippen LogP contribution >= 0.6 is 23.2 Å². The van der Waals surface area contributed by atoms with Gasteiger partial charge in [-0.05, 0) is 30.2 Å². The van der Waals surface area contributed by atoms with Gasteiger partial charge in [-0.15, -0.1) is 0 Å². The van der Waals surface area contributed by atoms with Crippen LogP contribution in [-0.2, 0) is 0 Å². The van der Waals surface area contributed by atoms with Crippen molar-refractivity contribution in [1.29, 1.82) is 10.5 Å². The van der Waals surface area contributed by atoms with Crippen molar-refractivity contribution in [2.24, 2.45) is 0 Å². The van der Waals surface area contributed by atoms with Crippen LogP contribution in [0.15, 0.2) is 29.3 Å². The summed E-state index contributed by atoms with van der Waals surface area (Å²) in [6.45, 7) is 1.37. The Hall–Kier alpha value is -1.68. The fraction of sp³-hybridized carbons (Fsp3) is 0.231. The smallest absolute Gasteiger partial charge is 0.130 e. The SMILES string of the molecule is N#CC(C#N)=C1CCN(c2ccc(Cl)c(Cl)c2)C1. The summed E-state index contributed by atoms with van der Waals surface area (Å²) in [5, 5.41) is 18.7. The molecule has 0 radical (unpaired) electrons. The Balaban J connectivity index is 2.24. The van der Waals surface area contributed by atoms with E-state index in [0.29, 0.717) is 16.6 Å². The summed E-state index contributed by atoms with van der Waals surface area (Å²) >= 11 is 11.8. The molecule has 1 aliphatic rings. The third kappa shape index (κ3) is 2.43. The third-order valence-electron chi connectivity index (χ3n) is 2.91. The van der Waals surface area contributed by atoms with Crippen LogP contribution in [0.1, 0.15) is 6.42 Å². The minimum absolute atomic E-state index is 0.220. The third-order valence-corrected chi connectivity index (χ3v) is 3.65. The highest BCUT2D eigenvalue weighted by molar-refractivity contribution is 6.42. The lowest BCUT2D eigenvalue weighted by Gasteiger charge is -2.17. The van der Waals surface area contributed by atoms with Gasteiger partial charge in [0.1, 0.15) is 17.7 Å². The van der Waals surface area contributed by atoms with Gasteiger partial charge in [0.05, 0.1) is 10.0 Å². The molecular formula is C13H9Cl2N3. The number of hydrogen-bond donors (Lipinski definition) is 0. The molecule has 5 heteroatoms. The second kappa shape index (κ2) is 5.31. The van der Waals surface area contributed by atoms with Gasteiger partial charge in [0.25, 0.3) is 0 Å². The van der Waals surface area contributed by atoms with Crippen LogP contribution in [0, 0.1) is 22.7 Å². The molecule has 0 N–H and O–H groups in total. The normalized spacial score (nSPS) is 14.2. The summed E-state index contributed by atoms with van der Waals surface area (Å²) in [6.07, 6.45) is 0.733. The van der Waals surface area contributed by atoms with Crippen LogP contribution in [0.3, 0.4) is 0 Å². The molecule has 18 heavy (non-hydrogen) atoms. The van der Waals surface area contributed by atoms with E-state index in [0.717, 1.165) is 24.2 Å². The molecule has 2 rings (SSSR count). The molecule has 0 saturated carbocycles. The molecule has 0 amide bonds. The molecule has 1 fully saturated rings. The van der Waals surface area contributed by atoms with Crippen molar-refractivity contribution >= 4 is 28.9 Å². The van der Waals surface area contributed by atoms with E-state index in [9.17, 15) is 0 Å².